The van der Waals surface area contributed by atoms with E-state index in [1.54, 1.807) is 7.11 Å². The summed E-state index contributed by atoms with van der Waals surface area (Å²) in [5.41, 5.74) is 1.55. The zero-order chi connectivity index (χ0) is 18.8. The molecule has 0 amide bonds. The van der Waals surface area contributed by atoms with Gasteiger partial charge in [0.05, 0.1) is 12.6 Å². The molecule has 0 aliphatic heterocycles. The van der Waals surface area contributed by atoms with Gasteiger partial charge in [0.2, 0.25) is 0 Å². The van der Waals surface area contributed by atoms with Gasteiger partial charge in [-0.3, -0.25) is 0 Å². The molecule has 0 unspecified atom stereocenters. The molecule has 5 nitrogen and oxygen atoms in total. The highest BCUT2D eigenvalue weighted by atomic mass is 16.5. The molecule has 1 aliphatic carbocycles. The van der Waals surface area contributed by atoms with Crippen molar-refractivity contribution in [2.24, 2.45) is 10.4 Å². The molecule has 0 radical (unpaired) electrons. The highest BCUT2D eigenvalue weighted by molar-refractivity contribution is 5.79. The van der Waals surface area contributed by atoms with Gasteiger partial charge >= 0.3 is 0 Å². The Hall–Kier alpha value is -1.75. The third-order valence-electron chi connectivity index (χ3n) is 4.94. The summed E-state index contributed by atoms with van der Waals surface area (Å²) in [7, 11) is 1.78. The van der Waals surface area contributed by atoms with Crippen LogP contribution in [0.4, 0.5) is 0 Å². The van der Waals surface area contributed by atoms with Crippen molar-refractivity contribution < 1.29 is 9.47 Å². The van der Waals surface area contributed by atoms with E-state index in [0.717, 1.165) is 37.8 Å². The number of ether oxygens (including phenoxy) is 2. The molecule has 0 heterocycles. The standard InChI is InChI=1S/C21H35N3O2/c1-5-22-20(24-16-21(11-6-12-21)13-14-25-4)23-15-18-7-9-19(10-8-18)26-17(2)3/h7-10,17H,5-6,11-16H2,1-4H3,(H2,22,23,24). The minimum Gasteiger partial charge on any atom is -0.491 e. The molecule has 1 saturated carbocycles. The first-order valence-corrected chi connectivity index (χ1v) is 9.83. The molecular formula is C21H35N3O2. The van der Waals surface area contributed by atoms with Crippen LogP contribution in [0.1, 0.15) is 52.0 Å². The molecule has 1 aromatic carbocycles. The van der Waals surface area contributed by atoms with E-state index in [1.807, 2.05) is 26.0 Å². The van der Waals surface area contributed by atoms with E-state index >= 15 is 0 Å². The topological polar surface area (TPSA) is 54.9 Å². The van der Waals surface area contributed by atoms with E-state index in [-0.39, 0.29) is 6.10 Å². The van der Waals surface area contributed by atoms with Gasteiger partial charge in [0, 0.05) is 26.8 Å². The van der Waals surface area contributed by atoms with Crippen LogP contribution in [0, 0.1) is 5.41 Å². The molecule has 146 valence electrons. The minimum absolute atomic E-state index is 0.195. The number of hydrogen-bond donors (Lipinski definition) is 2. The Morgan fingerprint density at radius 3 is 2.46 bits per heavy atom. The number of benzene rings is 1. The third kappa shape index (κ3) is 6.52. The second kappa shape index (κ2) is 10.4. The third-order valence-corrected chi connectivity index (χ3v) is 4.94. The second-order valence-corrected chi connectivity index (χ2v) is 7.46. The van der Waals surface area contributed by atoms with E-state index in [9.17, 15) is 0 Å². The smallest absolute Gasteiger partial charge is 0.191 e. The fourth-order valence-corrected chi connectivity index (χ4v) is 3.24. The Balaban J connectivity index is 1.89. The van der Waals surface area contributed by atoms with Crippen molar-refractivity contribution in [3.63, 3.8) is 0 Å². The average Bonchev–Trinajstić information content (AvgIpc) is 2.59. The molecule has 1 aliphatic rings. The number of nitrogens with one attached hydrogen (secondary N) is 2. The molecule has 0 spiro atoms. The summed E-state index contributed by atoms with van der Waals surface area (Å²) < 4.78 is 11.0. The number of aliphatic imine (C=N–C) groups is 1. The van der Waals surface area contributed by atoms with Gasteiger partial charge in [0.25, 0.3) is 0 Å². The molecule has 2 rings (SSSR count). The zero-order valence-corrected chi connectivity index (χ0v) is 16.8. The van der Waals surface area contributed by atoms with E-state index < -0.39 is 0 Å². The lowest BCUT2D eigenvalue weighted by Gasteiger charge is -2.42. The number of hydrogen-bond acceptors (Lipinski definition) is 3. The van der Waals surface area contributed by atoms with Crippen molar-refractivity contribution in [2.45, 2.75) is 59.1 Å². The van der Waals surface area contributed by atoms with E-state index in [2.05, 4.69) is 29.7 Å². The summed E-state index contributed by atoms with van der Waals surface area (Å²) in [6.07, 6.45) is 5.19. The van der Waals surface area contributed by atoms with Gasteiger partial charge in [-0.15, -0.1) is 0 Å². The Labute approximate surface area is 158 Å². The lowest BCUT2D eigenvalue weighted by Crippen LogP contribution is -2.46. The monoisotopic (exact) mass is 361 g/mol. The SMILES string of the molecule is CCNC(=NCc1ccc(OC(C)C)cc1)NCC1(CCOC)CCC1. The Morgan fingerprint density at radius 1 is 1.19 bits per heavy atom. The van der Waals surface area contributed by atoms with Gasteiger partial charge in [-0.05, 0) is 63.1 Å². The van der Waals surface area contributed by atoms with Crippen LogP contribution in [-0.2, 0) is 11.3 Å². The number of methoxy groups -OCH3 is 1. The van der Waals surface area contributed by atoms with Crippen molar-refractivity contribution in [3.8, 4) is 5.75 Å². The summed E-state index contributed by atoms with van der Waals surface area (Å²) in [6, 6.07) is 8.19. The van der Waals surface area contributed by atoms with Crippen LogP contribution >= 0.6 is 0 Å². The van der Waals surface area contributed by atoms with Gasteiger partial charge in [-0.25, -0.2) is 4.99 Å². The van der Waals surface area contributed by atoms with Crippen LogP contribution < -0.4 is 15.4 Å². The lowest BCUT2D eigenvalue weighted by atomic mass is 9.67. The quantitative estimate of drug-likeness (QED) is 0.492. The van der Waals surface area contributed by atoms with Crippen molar-refractivity contribution in [1.82, 2.24) is 10.6 Å². The van der Waals surface area contributed by atoms with E-state index in [4.69, 9.17) is 14.5 Å². The molecule has 5 heteroatoms. The normalized spacial score (nSPS) is 16.3. The Kier molecular flexibility index (Phi) is 8.23. The molecular weight excluding hydrogens is 326 g/mol. The largest absolute Gasteiger partial charge is 0.491 e. The summed E-state index contributed by atoms with van der Waals surface area (Å²) in [6.45, 7) is 9.48. The van der Waals surface area contributed by atoms with Gasteiger partial charge in [0.1, 0.15) is 5.75 Å². The maximum Gasteiger partial charge on any atom is 0.191 e. The second-order valence-electron chi connectivity index (χ2n) is 7.46. The molecule has 26 heavy (non-hydrogen) atoms. The molecule has 1 fully saturated rings. The van der Waals surface area contributed by atoms with Gasteiger partial charge in [-0.1, -0.05) is 18.6 Å². The molecule has 0 aromatic heterocycles. The van der Waals surface area contributed by atoms with Gasteiger partial charge in [-0.2, -0.15) is 0 Å². The predicted octanol–water partition coefficient (Wildman–Crippen LogP) is 3.74. The summed E-state index contributed by atoms with van der Waals surface area (Å²) in [5, 5.41) is 6.89. The van der Waals surface area contributed by atoms with Crippen LogP contribution in [0.3, 0.4) is 0 Å². The minimum atomic E-state index is 0.195. The average molecular weight is 362 g/mol. The molecule has 2 N–H and O–H groups in total. The lowest BCUT2D eigenvalue weighted by molar-refractivity contribution is 0.0732. The van der Waals surface area contributed by atoms with Gasteiger partial charge < -0.3 is 20.1 Å². The first-order valence-electron chi connectivity index (χ1n) is 9.83. The molecule has 0 saturated heterocycles. The number of nitrogens with zero attached hydrogens (tertiary/aromatic N) is 1. The number of guanidine groups is 1. The molecule has 0 bridgehead atoms. The summed E-state index contributed by atoms with van der Waals surface area (Å²) in [5.74, 6) is 1.79. The van der Waals surface area contributed by atoms with Crippen molar-refractivity contribution >= 4 is 5.96 Å². The Bertz CT molecular complexity index is 551. The fourth-order valence-electron chi connectivity index (χ4n) is 3.24. The van der Waals surface area contributed by atoms with E-state index in [0.29, 0.717) is 12.0 Å². The van der Waals surface area contributed by atoms with Crippen molar-refractivity contribution in [3.05, 3.63) is 29.8 Å². The van der Waals surface area contributed by atoms with Crippen LogP contribution in [0.15, 0.2) is 29.3 Å². The first-order chi connectivity index (χ1) is 12.6. The van der Waals surface area contributed by atoms with Gasteiger partial charge in [0.15, 0.2) is 5.96 Å². The van der Waals surface area contributed by atoms with E-state index in [1.165, 1.54) is 24.8 Å². The predicted molar refractivity (Wildman–Crippen MR) is 108 cm³/mol. The number of rotatable bonds is 10. The highest BCUT2D eigenvalue weighted by Crippen LogP contribution is 2.43. The fraction of sp³-hybridized carbons (Fsp3) is 0.667. The van der Waals surface area contributed by atoms with Crippen LogP contribution in [0.25, 0.3) is 0 Å². The van der Waals surface area contributed by atoms with Crippen molar-refractivity contribution in [2.75, 3.05) is 26.8 Å². The molecule has 0 atom stereocenters. The van der Waals surface area contributed by atoms with Crippen LogP contribution in [0.2, 0.25) is 0 Å². The zero-order valence-electron chi connectivity index (χ0n) is 16.8. The molecule has 1 aromatic rings. The maximum absolute atomic E-state index is 5.69. The maximum atomic E-state index is 5.69. The van der Waals surface area contributed by atoms with Crippen molar-refractivity contribution in [1.29, 1.82) is 0 Å². The summed E-state index contributed by atoms with van der Waals surface area (Å²) in [4.78, 5) is 4.74. The highest BCUT2D eigenvalue weighted by Gasteiger charge is 2.36. The Morgan fingerprint density at radius 2 is 1.92 bits per heavy atom. The summed E-state index contributed by atoms with van der Waals surface area (Å²) >= 11 is 0. The van der Waals surface area contributed by atoms with Crippen LogP contribution in [-0.4, -0.2) is 38.9 Å². The van der Waals surface area contributed by atoms with Crippen LogP contribution in [0.5, 0.6) is 5.75 Å². The first kappa shape index (κ1) is 20.6.